The van der Waals surface area contributed by atoms with Gasteiger partial charge in [-0.2, -0.15) is 8.78 Å². The maximum atomic E-state index is 13.3. The quantitative estimate of drug-likeness (QED) is 0.886. The van der Waals surface area contributed by atoms with Gasteiger partial charge in [-0.15, -0.1) is 0 Å². The van der Waals surface area contributed by atoms with Gasteiger partial charge in [-0.05, 0) is 28.1 Å². The first kappa shape index (κ1) is 12.0. The maximum absolute atomic E-state index is 13.3. The van der Waals surface area contributed by atoms with E-state index in [-0.39, 0.29) is 4.47 Å². The number of hydrogen-bond acceptors (Lipinski definition) is 1. The summed E-state index contributed by atoms with van der Waals surface area (Å²) in [5.41, 5.74) is -0.948. The van der Waals surface area contributed by atoms with E-state index in [1.165, 1.54) is 12.1 Å². The molecule has 1 rings (SSSR count). The van der Waals surface area contributed by atoms with E-state index < -0.39 is 23.2 Å². The Kier molecular flexibility index (Phi) is 3.38. The summed E-state index contributed by atoms with van der Waals surface area (Å²) < 4.78 is 39.8. The molecule has 0 aliphatic carbocycles. The van der Waals surface area contributed by atoms with Crippen molar-refractivity contribution in [1.82, 2.24) is 5.32 Å². The third kappa shape index (κ3) is 2.14. The van der Waals surface area contributed by atoms with Gasteiger partial charge >= 0.3 is 5.92 Å². The third-order valence-corrected chi connectivity index (χ3v) is 2.41. The summed E-state index contributed by atoms with van der Waals surface area (Å²) in [6.07, 6.45) is 0. The minimum absolute atomic E-state index is 0.108. The molecule has 0 saturated heterocycles. The lowest BCUT2D eigenvalue weighted by molar-refractivity contribution is -0.146. The SMILES string of the molecule is CNC(=O)C(F)(F)c1cccc(Br)c1F. The molecule has 1 amide bonds. The first-order valence-electron chi connectivity index (χ1n) is 3.95. The number of amides is 1. The molecule has 0 aliphatic rings. The zero-order chi connectivity index (χ0) is 11.6. The second kappa shape index (κ2) is 4.22. The van der Waals surface area contributed by atoms with Crippen LogP contribution in [-0.4, -0.2) is 13.0 Å². The van der Waals surface area contributed by atoms with Crippen molar-refractivity contribution in [2.75, 3.05) is 7.05 Å². The van der Waals surface area contributed by atoms with Gasteiger partial charge in [0.15, 0.2) is 0 Å². The molecule has 0 atom stereocenters. The van der Waals surface area contributed by atoms with E-state index in [1.54, 1.807) is 5.32 Å². The van der Waals surface area contributed by atoms with Gasteiger partial charge in [-0.3, -0.25) is 4.79 Å². The van der Waals surface area contributed by atoms with Gasteiger partial charge in [-0.25, -0.2) is 4.39 Å². The smallest absolute Gasteiger partial charge is 0.352 e. The van der Waals surface area contributed by atoms with E-state index in [1.807, 2.05) is 0 Å². The lowest BCUT2D eigenvalue weighted by Gasteiger charge is -2.15. The number of alkyl halides is 2. The second-order valence-electron chi connectivity index (χ2n) is 2.75. The molecule has 15 heavy (non-hydrogen) atoms. The Balaban J connectivity index is 3.27. The first-order chi connectivity index (χ1) is 6.91. The fourth-order valence-corrected chi connectivity index (χ4v) is 1.39. The highest BCUT2D eigenvalue weighted by atomic mass is 79.9. The number of nitrogens with one attached hydrogen (secondary N) is 1. The normalized spacial score (nSPS) is 11.3. The monoisotopic (exact) mass is 281 g/mol. The number of likely N-dealkylation sites (N-methyl/N-ethyl adjacent to an activating group) is 1. The molecule has 0 spiro atoms. The minimum atomic E-state index is -3.87. The van der Waals surface area contributed by atoms with Crippen LogP contribution in [-0.2, 0) is 10.7 Å². The summed E-state index contributed by atoms with van der Waals surface area (Å²) in [6, 6.07) is 3.38. The number of rotatable bonds is 2. The largest absolute Gasteiger partial charge is 0.354 e. The Morgan fingerprint density at radius 2 is 2.07 bits per heavy atom. The van der Waals surface area contributed by atoms with Crippen LogP contribution in [0.5, 0.6) is 0 Å². The molecule has 0 radical (unpaired) electrons. The van der Waals surface area contributed by atoms with Crippen molar-refractivity contribution < 1.29 is 18.0 Å². The van der Waals surface area contributed by atoms with Crippen molar-refractivity contribution >= 4 is 21.8 Å². The summed E-state index contributed by atoms with van der Waals surface area (Å²) in [4.78, 5) is 10.9. The molecule has 2 nitrogen and oxygen atoms in total. The van der Waals surface area contributed by atoms with Crippen LogP contribution >= 0.6 is 15.9 Å². The van der Waals surface area contributed by atoms with Crippen LogP contribution in [0.3, 0.4) is 0 Å². The van der Waals surface area contributed by atoms with Crippen molar-refractivity contribution in [3.05, 3.63) is 34.1 Å². The Hall–Kier alpha value is -1.04. The van der Waals surface area contributed by atoms with Crippen molar-refractivity contribution in [3.63, 3.8) is 0 Å². The molecule has 6 heteroatoms. The minimum Gasteiger partial charge on any atom is -0.354 e. The standard InChI is InChI=1S/C9H7BrF3NO/c1-14-8(15)9(12,13)5-3-2-4-6(10)7(5)11/h2-4H,1H3,(H,14,15). The number of hydrogen-bond donors (Lipinski definition) is 1. The summed E-state index contributed by atoms with van der Waals surface area (Å²) in [5.74, 6) is -6.55. The highest BCUT2D eigenvalue weighted by Crippen LogP contribution is 2.32. The summed E-state index contributed by atoms with van der Waals surface area (Å²) in [7, 11) is 1.06. The van der Waals surface area contributed by atoms with E-state index in [9.17, 15) is 18.0 Å². The molecule has 1 aromatic carbocycles. The first-order valence-corrected chi connectivity index (χ1v) is 4.75. The van der Waals surface area contributed by atoms with E-state index in [0.717, 1.165) is 13.1 Å². The van der Waals surface area contributed by atoms with Crippen molar-refractivity contribution in [3.8, 4) is 0 Å². The van der Waals surface area contributed by atoms with Gasteiger partial charge in [0.05, 0.1) is 10.0 Å². The lowest BCUT2D eigenvalue weighted by Crippen LogP contribution is -2.36. The van der Waals surface area contributed by atoms with Crippen LogP contribution in [0.25, 0.3) is 0 Å². The molecule has 82 valence electrons. The van der Waals surface area contributed by atoms with Crippen LogP contribution in [0.1, 0.15) is 5.56 Å². The van der Waals surface area contributed by atoms with Crippen LogP contribution in [0.4, 0.5) is 13.2 Å². The molecule has 0 aliphatic heterocycles. The number of benzene rings is 1. The predicted octanol–water partition coefficient (Wildman–Crippen LogP) is 2.43. The highest BCUT2D eigenvalue weighted by molar-refractivity contribution is 9.10. The summed E-state index contributed by atoms with van der Waals surface area (Å²) in [6.45, 7) is 0. The predicted molar refractivity (Wildman–Crippen MR) is 52.1 cm³/mol. The average molecular weight is 282 g/mol. The highest BCUT2D eigenvalue weighted by Gasteiger charge is 2.42. The number of halogens is 4. The molecule has 0 bridgehead atoms. The van der Waals surface area contributed by atoms with Gasteiger partial charge in [0.2, 0.25) is 0 Å². The van der Waals surface area contributed by atoms with Gasteiger partial charge in [0.1, 0.15) is 5.82 Å². The average Bonchev–Trinajstić information content (AvgIpc) is 2.20. The Labute approximate surface area is 92.6 Å². The number of carbonyl (C=O) groups excluding carboxylic acids is 1. The topological polar surface area (TPSA) is 29.1 Å². The zero-order valence-corrected chi connectivity index (χ0v) is 9.24. The molecule has 1 aromatic rings. The van der Waals surface area contributed by atoms with Crippen LogP contribution < -0.4 is 5.32 Å². The number of carbonyl (C=O) groups is 1. The molecule has 0 fully saturated rings. The van der Waals surface area contributed by atoms with Gasteiger partial charge < -0.3 is 5.32 Å². The van der Waals surface area contributed by atoms with Gasteiger partial charge in [0.25, 0.3) is 5.91 Å². The molecule has 1 N–H and O–H groups in total. The lowest BCUT2D eigenvalue weighted by atomic mass is 10.1. The Morgan fingerprint density at radius 3 is 2.60 bits per heavy atom. The van der Waals surface area contributed by atoms with E-state index >= 15 is 0 Å². The maximum Gasteiger partial charge on any atom is 0.352 e. The van der Waals surface area contributed by atoms with Gasteiger partial charge in [-0.1, -0.05) is 6.07 Å². The third-order valence-electron chi connectivity index (χ3n) is 1.80. The fourth-order valence-electron chi connectivity index (χ4n) is 1.03. The van der Waals surface area contributed by atoms with E-state index in [4.69, 9.17) is 0 Å². The Bertz CT molecular complexity index is 395. The zero-order valence-electron chi connectivity index (χ0n) is 7.65. The molecule has 0 saturated carbocycles. The van der Waals surface area contributed by atoms with Crippen molar-refractivity contribution in [1.29, 1.82) is 0 Å². The van der Waals surface area contributed by atoms with Crippen LogP contribution in [0.15, 0.2) is 22.7 Å². The molecular formula is C9H7BrF3NO. The molecule has 0 heterocycles. The molecular weight excluding hydrogens is 275 g/mol. The summed E-state index contributed by atoms with van der Waals surface area (Å²) in [5, 5.41) is 1.78. The Morgan fingerprint density at radius 1 is 1.47 bits per heavy atom. The van der Waals surface area contributed by atoms with E-state index in [0.29, 0.717) is 0 Å². The van der Waals surface area contributed by atoms with Crippen molar-refractivity contribution in [2.24, 2.45) is 0 Å². The second-order valence-corrected chi connectivity index (χ2v) is 3.61. The fraction of sp³-hybridized carbons (Fsp3) is 0.222. The molecule has 0 unspecified atom stereocenters. The van der Waals surface area contributed by atoms with Gasteiger partial charge in [0, 0.05) is 7.05 Å². The van der Waals surface area contributed by atoms with Crippen molar-refractivity contribution in [2.45, 2.75) is 5.92 Å². The van der Waals surface area contributed by atoms with E-state index in [2.05, 4.69) is 15.9 Å². The van der Waals surface area contributed by atoms with Crippen LogP contribution in [0, 0.1) is 5.82 Å². The summed E-state index contributed by atoms with van der Waals surface area (Å²) >= 11 is 2.77. The molecule has 0 aromatic heterocycles. The van der Waals surface area contributed by atoms with Crippen LogP contribution in [0.2, 0.25) is 0 Å².